The quantitative estimate of drug-likeness (QED) is 0.851. The van der Waals surface area contributed by atoms with Crippen molar-refractivity contribution >= 4 is 5.91 Å². The van der Waals surface area contributed by atoms with Crippen LogP contribution < -0.4 is 5.32 Å². The van der Waals surface area contributed by atoms with E-state index in [4.69, 9.17) is 5.26 Å². The predicted octanol–water partition coefficient (Wildman–Crippen LogP) is 3.41. The maximum absolute atomic E-state index is 13.2. The highest BCUT2D eigenvalue weighted by Gasteiger charge is 2.37. The van der Waals surface area contributed by atoms with Crippen LogP contribution in [0.25, 0.3) is 0 Å². The Morgan fingerprint density at radius 2 is 1.90 bits per heavy atom. The minimum absolute atomic E-state index is 0.315. The molecule has 2 rings (SSSR count). The fraction of sp³-hybridized carbons (Fsp3) is 0.429. The fourth-order valence-corrected chi connectivity index (χ4v) is 2.42. The Bertz CT molecular complexity index is 598. The summed E-state index contributed by atoms with van der Waals surface area (Å²) in [6, 6.07) is 4.04. The minimum atomic E-state index is -4.87. The number of nitrogens with zero attached hydrogens (tertiary/aromatic N) is 1. The molecule has 21 heavy (non-hydrogen) atoms. The normalized spacial score (nSPS) is 17.3. The molecule has 1 aliphatic carbocycles. The Kier molecular flexibility index (Phi) is 3.90. The highest BCUT2D eigenvalue weighted by molar-refractivity contribution is 5.95. The molecule has 0 spiro atoms. The predicted molar refractivity (Wildman–Crippen MR) is 65.7 cm³/mol. The number of amides is 1. The third-order valence-corrected chi connectivity index (χ3v) is 3.56. The van der Waals surface area contributed by atoms with Crippen molar-refractivity contribution < 1.29 is 22.4 Å². The molecule has 1 aliphatic rings. The monoisotopic (exact) mass is 300 g/mol. The van der Waals surface area contributed by atoms with Crippen molar-refractivity contribution in [3.8, 4) is 6.07 Å². The molecule has 1 aromatic rings. The summed E-state index contributed by atoms with van der Waals surface area (Å²) in [6.45, 7) is 0. The van der Waals surface area contributed by atoms with Gasteiger partial charge in [0.05, 0.1) is 11.6 Å². The summed E-state index contributed by atoms with van der Waals surface area (Å²) < 4.78 is 51.0. The van der Waals surface area contributed by atoms with Crippen LogP contribution in [-0.4, -0.2) is 11.4 Å². The lowest BCUT2D eigenvalue weighted by molar-refractivity contribution is -0.140. The van der Waals surface area contributed by atoms with Gasteiger partial charge in [-0.15, -0.1) is 0 Å². The van der Waals surface area contributed by atoms with Crippen LogP contribution in [0.1, 0.15) is 41.6 Å². The first-order chi connectivity index (χ1) is 9.77. The number of alkyl halides is 3. The maximum Gasteiger partial charge on any atom is 0.419 e. The molecule has 0 unspecified atom stereocenters. The molecular weight excluding hydrogens is 288 g/mol. The van der Waals surface area contributed by atoms with Gasteiger partial charge >= 0.3 is 6.18 Å². The highest BCUT2D eigenvalue weighted by atomic mass is 19.4. The lowest BCUT2D eigenvalue weighted by Crippen LogP contribution is -2.45. The number of hydrogen-bond donors (Lipinski definition) is 1. The van der Waals surface area contributed by atoms with Crippen LogP contribution in [0.3, 0.4) is 0 Å². The molecule has 0 aromatic heterocycles. The first-order valence-electron chi connectivity index (χ1n) is 6.38. The molecule has 1 N–H and O–H groups in total. The number of hydrogen-bond acceptors (Lipinski definition) is 2. The molecule has 0 heterocycles. The van der Waals surface area contributed by atoms with Crippen molar-refractivity contribution in [3.05, 3.63) is 35.1 Å². The van der Waals surface area contributed by atoms with Gasteiger partial charge < -0.3 is 5.32 Å². The zero-order valence-electron chi connectivity index (χ0n) is 10.9. The molecule has 3 nitrogen and oxygen atoms in total. The Hall–Kier alpha value is -2.10. The van der Waals surface area contributed by atoms with Crippen LogP contribution in [0.5, 0.6) is 0 Å². The summed E-state index contributed by atoms with van der Waals surface area (Å²) >= 11 is 0. The largest absolute Gasteiger partial charge is 0.419 e. The summed E-state index contributed by atoms with van der Waals surface area (Å²) in [5.41, 5.74) is -2.85. The van der Waals surface area contributed by atoms with Crippen molar-refractivity contribution in [2.24, 2.45) is 0 Å². The van der Waals surface area contributed by atoms with Crippen LogP contribution in [0.4, 0.5) is 17.6 Å². The first-order valence-corrected chi connectivity index (χ1v) is 6.38. The highest BCUT2D eigenvalue weighted by Crippen LogP contribution is 2.33. The van der Waals surface area contributed by atoms with Crippen molar-refractivity contribution in [1.82, 2.24) is 5.32 Å². The fourth-order valence-electron chi connectivity index (χ4n) is 2.42. The van der Waals surface area contributed by atoms with Gasteiger partial charge in [0.25, 0.3) is 5.91 Å². The zero-order chi connectivity index (χ0) is 15.7. The number of nitrogens with one attached hydrogen (secondary N) is 1. The standard InChI is InChI=1S/C14H12F4N2O/c15-11-4-3-9(7-10(11)14(16,17)18)12(21)20-13(8-19)5-1-2-6-13/h3-4,7H,1-2,5-6H2,(H,20,21). The smallest absolute Gasteiger partial charge is 0.334 e. The van der Waals surface area contributed by atoms with E-state index < -0.39 is 29.0 Å². The third-order valence-electron chi connectivity index (χ3n) is 3.56. The molecular formula is C14H12F4N2O. The number of carbonyl (C=O) groups excluding carboxylic acids is 1. The molecule has 1 amide bonds. The first kappa shape index (κ1) is 15.3. The second-order valence-electron chi connectivity index (χ2n) is 5.05. The van der Waals surface area contributed by atoms with Crippen LogP contribution in [0.15, 0.2) is 18.2 Å². The summed E-state index contributed by atoms with van der Waals surface area (Å²) in [5, 5.41) is 11.6. The molecule has 0 bridgehead atoms. The summed E-state index contributed by atoms with van der Waals surface area (Å²) in [4.78, 5) is 12.0. The van der Waals surface area contributed by atoms with Gasteiger partial charge in [0.15, 0.2) is 0 Å². The van der Waals surface area contributed by atoms with Gasteiger partial charge in [-0.1, -0.05) is 0 Å². The lowest BCUT2D eigenvalue weighted by Gasteiger charge is -2.22. The van der Waals surface area contributed by atoms with E-state index in [1.807, 2.05) is 6.07 Å². The summed E-state index contributed by atoms with van der Waals surface area (Å²) in [7, 11) is 0. The molecule has 1 aromatic carbocycles. The van der Waals surface area contributed by atoms with Crippen molar-refractivity contribution in [1.29, 1.82) is 5.26 Å². The molecule has 0 aliphatic heterocycles. The van der Waals surface area contributed by atoms with Crippen molar-refractivity contribution in [2.75, 3.05) is 0 Å². The SMILES string of the molecule is N#CC1(NC(=O)c2ccc(F)c(C(F)(F)F)c2)CCCC1. The van der Waals surface area contributed by atoms with Gasteiger partial charge in [-0.05, 0) is 43.9 Å². The molecule has 7 heteroatoms. The Morgan fingerprint density at radius 3 is 2.43 bits per heavy atom. The topological polar surface area (TPSA) is 52.9 Å². The lowest BCUT2D eigenvalue weighted by atomic mass is 9.99. The third kappa shape index (κ3) is 3.15. The van der Waals surface area contributed by atoms with Gasteiger partial charge in [0.2, 0.25) is 0 Å². The summed E-state index contributed by atoms with van der Waals surface area (Å²) in [6.07, 6.45) is -2.41. The molecule has 112 valence electrons. The average molecular weight is 300 g/mol. The molecule has 1 saturated carbocycles. The second-order valence-corrected chi connectivity index (χ2v) is 5.05. The van der Waals surface area contributed by atoms with Crippen LogP contribution in [0.2, 0.25) is 0 Å². The maximum atomic E-state index is 13.2. The van der Waals surface area contributed by atoms with Crippen LogP contribution in [0, 0.1) is 17.1 Å². The molecule has 0 atom stereocenters. The molecule has 0 saturated heterocycles. The van der Waals surface area contributed by atoms with Gasteiger partial charge in [0, 0.05) is 5.56 Å². The van der Waals surface area contributed by atoms with Gasteiger partial charge in [-0.2, -0.15) is 18.4 Å². The van der Waals surface area contributed by atoms with E-state index in [-0.39, 0.29) is 5.56 Å². The van der Waals surface area contributed by atoms with E-state index in [0.29, 0.717) is 25.0 Å². The van der Waals surface area contributed by atoms with E-state index in [1.54, 1.807) is 0 Å². The number of rotatable bonds is 2. The second kappa shape index (κ2) is 5.35. The van der Waals surface area contributed by atoms with E-state index in [9.17, 15) is 22.4 Å². The van der Waals surface area contributed by atoms with E-state index >= 15 is 0 Å². The zero-order valence-corrected chi connectivity index (χ0v) is 10.9. The van der Waals surface area contributed by atoms with Crippen molar-refractivity contribution in [2.45, 2.75) is 37.4 Å². The Balaban J connectivity index is 2.26. The van der Waals surface area contributed by atoms with E-state index in [1.165, 1.54) is 0 Å². The molecule has 0 radical (unpaired) electrons. The van der Waals surface area contributed by atoms with Gasteiger partial charge in [0.1, 0.15) is 11.4 Å². The van der Waals surface area contributed by atoms with Crippen LogP contribution in [-0.2, 0) is 6.18 Å². The Morgan fingerprint density at radius 1 is 1.29 bits per heavy atom. The van der Waals surface area contributed by atoms with Crippen molar-refractivity contribution in [3.63, 3.8) is 0 Å². The Labute approximate surface area is 118 Å². The minimum Gasteiger partial charge on any atom is -0.334 e. The van der Waals surface area contributed by atoms with Gasteiger partial charge in [-0.3, -0.25) is 4.79 Å². The number of halogens is 4. The molecule has 1 fully saturated rings. The average Bonchev–Trinajstić information content (AvgIpc) is 2.87. The summed E-state index contributed by atoms with van der Waals surface area (Å²) in [5.74, 6) is -2.24. The van der Waals surface area contributed by atoms with E-state index in [0.717, 1.165) is 18.9 Å². The number of nitriles is 1. The van der Waals surface area contributed by atoms with Crippen LogP contribution >= 0.6 is 0 Å². The number of benzene rings is 1. The van der Waals surface area contributed by atoms with Gasteiger partial charge in [-0.25, -0.2) is 4.39 Å². The van der Waals surface area contributed by atoms with E-state index in [2.05, 4.69) is 5.32 Å². The number of carbonyl (C=O) groups is 1.